The van der Waals surface area contributed by atoms with Gasteiger partial charge in [0.25, 0.3) is 0 Å². The van der Waals surface area contributed by atoms with Crippen LogP contribution in [-0.4, -0.2) is 39.2 Å². The van der Waals surface area contributed by atoms with E-state index in [1.54, 1.807) is 24.7 Å². The van der Waals surface area contributed by atoms with E-state index in [1.807, 2.05) is 10.8 Å². The lowest BCUT2D eigenvalue weighted by molar-refractivity contribution is -0.140. The van der Waals surface area contributed by atoms with Crippen LogP contribution in [0.15, 0.2) is 30.9 Å². The van der Waals surface area contributed by atoms with Crippen LogP contribution in [0.5, 0.6) is 0 Å². The lowest BCUT2D eigenvalue weighted by Crippen LogP contribution is -2.41. The van der Waals surface area contributed by atoms with Crippen molar-refractivity contribution in [3.63, 3.8) is 0 Å². The first kappa shape index (κ1) is 15.1. The molecule has 1 aliphatic rings. The van der Waals surface area contributed by atoms with Gasteiger partial charge in [0.1, 0.15) is 0 Å². The minimum atomic E-state index is -0.851. The van der Waals surface area contributed by atoms with E-state index in [1.165, 1.54) is 0 Å². The molecule has 1 aliphatic carbocycles. The molecule has 1 aromatic rings. The summed E-state index contributed by atoms with van der Waals surface area (Å²) in [5, 5.41) is 14.4. The summed E-state index contributed by atoms with van der Waals surface area (Å²) in [7, 11) is 0. The normalized spacial score (nSPS) is 20.4. The fraction of sp³-hybridized carbons (Fsp3) is 0.500. The lowest BCUT2D eigenvalue weighted by Gasteiger charge is -2.13. The SMILES string of the molecule is O=C(NCCCCn1ccnc1)NC1C=CC(C(=O)O)C1. The van der Waals surface area contributed by atoms with Crippen molar-refractivity contribution in [1.29, 1.82) is 0 Å². The molecule has 0 aromatic carbocycles. The van der Waals surface area contributed by atoms with Gasteiger partial charge in [-0.1, -0.05) is 12.2 Å². The Labute approximate surface area is 123 Å². The first-order valence-electron chi connectivity index (χ1n) is 7.06. The number of aryl methyl sites for hydroxylation is 1. The minimum Gasteiger partial charge on any atom is -0.481 e. The van der Waals surface area contributed by atoms with Crippen molar-refractivity contribution in [2.45, 2.75) is 31.8 Å². The molecule has 114 valence electrons. The molecule has 0 aliphatic heterocycles. The van der Waals surface area contributed by atoms with Crippen molar-refractivity contribution in [3.8, 4) is 0 Å². The van der Waals surface area contributed by atoms with Crippen LogP contribution < -0.4 is 10.6 Å². The smallest absolute Gasteiger partial charge is 0.315 e. The van der Waals surface area contributed by atoms with Gasteiger partial charge >= 0.3 is 12.0 Å². The molecule has 3 N–H and O–H groups in total. The topological polar surface area (TPSA) is 96.3 Å². The molecule has 21 heavy (non-hydrogen) atoms. The first-order valence-corrected chi connectivity index (χ1v) is 7.06. The Balaban J connectivity index is 1.54. The van der Waals surface area contributed by atoms with Gasteiger partial charge in [0.2, 0.25) is 0 Å². The van der Waals surface area contributed by atoms with Crippen molar-refractivity contribution in [3.05, 3.63) is 30.9 Å². The monoisotopic (exact) mass is 292 g/mol. The summed E-state index contributed by atoms with van der Waals surface area (Å²) >= 11 is 0. The van der Waals surface area contributed by atoms with Gasteiger partial charge in [0.05, 0.1) is 18.3 Å². The van der Waals surface area contributed by atoms with Crippen LogP contribution in [-0.2, 0) is 11.3 Å². The molecule has 1 aromatic heterocycles. The second kappa shape index (κ2) is 7.47. The number of hydrogen-bond donors (Lipinski definition) is 3. The Morgan fingerprint density at radius 3 is 2.86 bits per heavy atom. The predicted octanol–water partition coefficient (Wildman–Crippen LogP) is 0.992. The fourth-order valence-corrected chi connectivity index (χ4v) is 2.25. The summed E-state index contributed by atoms with van der Waals surface area (Å²) in [4.78, 5) is 26.4. The lowest BCUT2D eigenvalue weighted by atomic mass is 10.1. The quantitative estimate of drug-likeness (QED) is 0.516. The Morgan fingerprint density at radius 1 is 1.33 bits per heavy atom. The summed E-state index contributed by atoms with van der Waals surface area (Å²) in [6.07, 6.45) is 11.0. The van der Waals surface area contributed by atoms with Gasteiger partial charge < -0.3 is 20.3 Å². The van der Waals surface area contributed by atoms with Gasteiger partial charge in [-0.15, -0.1) is 0 Å². The number of imidazole rings is 1. The van der Waals surface area contributed by atoms with Crippen molar-refractivity contribution in [1.82, 2.24) is 20.2 Å². The minimum absolute atomic E-state index is 0.197. The maximum Gasteiger partial charge on any atom is 0.315 e. The standard InChI is InChI=1S/C14H20N4O3/c19-13(20)11-3-4-12(9-11)17-14(21)16-5-1-2-7-18-8-6-15-10-18/h3-4,6,8,10-12H,1-2,5,7,9H2,(H,19,20)(H2,16,17,21). The number of carboxylic acids is 1. The molecule has 0 spiro atoms. The first-order chi connectivity index (χ1) is 10.1. The van der Waals surface area contributed by atoms with Crippen LogP contribution in [0.2, 0.25) is 0 Å². The predicted molar refractivity (Wildman–Crippen MR) is 76.7 cm³/mol. The molecule has 2 rings (SSSR count). The molecule has 7 nitrogen and oxygen atoms in total. The van der Waals surface area contributed by atoms with E-state index in [0.29, 0.717) is 13.0 Å². The van der Waals surface area contributed by atoms with Crippen LogP contribution in [0.25, 0.3) is 0 Å². The molecular formula is C14H20N4O3. The number of amides is 2. The Bertz CT molecular complexity index is 498. The van der Waals surface area contributed by atoms with Gasteiger partial charge in [-0.05, 0) is 19.3 Å². The molecule has 0 saturated carbocycles. The highest BCUT2D eigenvalue weighted by molar-refractivity contribution is 5.76. The van der Waals surface area contributed by atoms with Gasteiger partial charge in [-0.2, -0.15) is 0 Å². The van der Waals surface area contributed by atoms with E-state index in [9.17, 15) is 9.59 Å². The summed E-state index contributed by atoms with van der Waals surface area (Å²) in [6, 6.07) is -0.449. The highest BCUT2D eigenvalue weighted by Gasteiger charge is 2.25. The number of nitrogens with one attached hydrogen (secondary N) is 2. The summed E-state index contributed by atoms with van der Waals surface area (Å²) in [5.74, 6) is -1.35. The maximum absolute atomic E-state index is 11.6. The Hall–Kier alpha value is -2.31. The van der Waals surface area contributed by atoms with Crippen molar-refractivity contribution < 1.29 is 14.7 Å². The van der Waals surface area contributed by atoms with E-state index < -0.39 is 11.9 Å². The molecule has 0 radical (unpaired) electrons. The van der Waals surface area contributed by atoms with E-state index in [2.05, 4.69) is 15.6 Å². The van der Waals surface area contributed by atoms with Crippen molar-refractivity contribution in [2.24, 2.45) is 5.92 Å². The fourth-order valence-electron chi connectivity index (χ4n) is 2.25. The highest BCUT2D eigenvalue weighted by atomic mass is 16.4. The molecule has 0 saturated heterocycles. The Morgan fingerprint density at radius 2 is 2.19 bits per heavy atom. The number of carboxylic acid groups (broad SMARTS) is 1. The number of carbonyl (C=O) groups is 2. The van der Waals surface area contributed by atoms with Gasteiger partial charge in [0, 0.05) is 25.5 Å². The third-order valence-electron chi connectivity index (χ3n) is 3.41. The Kier molecular flexibility index (Phi) is 5.36. The van der Waals surface area contributed by atoms with Crippen LogP contribution in [0, 0.1) is 5.92 Å². The molecule has 2 amide bonds. The highest BCUT2D eigenvalue weighted by Crippen LogP contribution is 2.17. The maximum atomic E-state index is 11.6. The second-order valence-electron chi connectivity index (χ2n) is 5.08. The average Bonchev–Trinajstić information content (AvgIpc) is 3.09. The van der Waals surface area contributed by atoms with Crippen LogP contribution in [0.1, 0.15) is 19.3 Å². The van der Waals surface area contributed by atoms with Crippen LogP contribution in [0.4, 0.5) is 4.79 Å². The number of carbonyl (C=O) groups excluding carboxylic acids is 1. The number of urea groups is 1. The largest absolute Gasteiger partial charge is 0.481 e. The van der Waals surface area contributed by atoms with E-state index in [4.69, 9.17) is 5.11 Å². The van der Waals surface area contributed by atoms with E-state index >= 15 is 0 Å². The third kappa shape index (κ3) is 4.94. The number of hydrogen-bond acceptors (Lipinski definition) is 3. The van der Waals surface area contributed by atoms with Crippen LogP contribution >= 0.6 is 0 Å². The average molecular weight is 292 g/mol. The van der Waals surface area contributed by atoms with Gasteiger partial charge in [-0.3, -0.25) is 4.79 Å². The number of aromatic nitrogens is 2. The van der Waals surface area contributed by atoms with E-state index in [0.717, 1.165) is 19.4 Å². The molecule has 2 unspecified atom stereocenters. The summed E-state index contributed by atoms with van der Waals surface area (Å²) < 4.78 is 2.00. The number of aliphatic carboxylic acids is 1. The van der Waals surface area contributed by atoms with Crippen LogP contribution in [0.3, 0.4) is 0 Å². The summed E-state index contributed by atoms with van der Waals surface area (Å²) in [5.41, 5.74) is 0. The van der Waals surface area contributed by atoms with Crippen molar-refractivity contribution >= 4 is 12.0 Å². The van der Waals surface area contributed by atoms with E-state index in [-0.39, 0.29) is 12.1 Å². The molecule has 1 heterocycles. The molecular weight excluding hydrogens is 272 g/mol. The zero-order valence-electron chi connectivity index (χ0n) is 11.7. The van der Waals surface area contributed by atoms with Crippen molar-refractivity contribution in [2.75, 3.05) is 6.54 Å². The third-order valence-corrected chi connectivity index (χ3v) is 3.41. The zero-order valence-corrected chi connectivity index (χ0v) is 11.7. The van der Waals surface area contributed by atoms with Gasteiger partial charge in [0.15, 0.2) is 0 Å². The molecule has 0 fully saturated rings. The number of nitrogens with zero attached hydrogens (tertiary/aromatic N) is 2. The number of unbranched alkanes of at least 4 members (excludes halogenated alkanes) is 1. The molecule has 0 bridgehead atoms. The molecule has 7 heteroatoms. The molecule has 2 atom stereocenters. The zero-order chi connectivity index (χ0) is 15.1. The second-order valence-corrected chi connectivity index (χ2v) is 5.08. The number of rotatable bonds is 7. The van der Waals surface area contributed by atoms with Gasteiger partial charge in [-0.25, -0.2) is 9.78 Å². The summed E-state index contributed by atoms with van der Waals surface area (Å²) in [6.45, 7) is 1.48.